The zero-order valence-corrected chi connectivity index (χ0v) is 7.71. The van der Waals surface area contributed by atoms with Crippen LogP contribution in [0.1, 0.15) is 12.8 Å². The van der Waals surface area contributed by atoms with Crippen molar-refractivity contribution >= 4 is 5.65 Å². The minimum atomic E-state index is 0.732. The molecule has 0 saturated heterocycles. The Morgan fingerprint density at radius 2 is 2.50 bits per heavy atom. The summed E-state index contributed by atoms with van der Waals surface area (Å²) in [6, 6.07) is 3.79. The van der Waals surface area contributed by atoms with Crippen LogP contribution in [0.3, 0.4) is 0 Å². The fourth-order valence-electron chi connectivity index (χ4n) is 1.33. The molecule has 5 nitrogen and oxygen atoms in total. The van der Waals surface area contributed by atoms with E-state index in [1.165, 1.54) is 17.7 Å². The first-order chi connectivity index (χ1) is 6.93. The summed E-state index contributed by atoms with van der Waals surface area (Å²) in [6.45, 7) is 0.756. The van der Waals surface area contributed by atoms with Crippen molar-refractivity contribution in [3.8, 4) is 0 Å². The van der Waals surface area contributed by atoms with Crippen molar-refractivity contribution in [3.05, 3.63) is 24.7 Å². The lowest BCUT2D eigenvalue weighted by Crippen LogP contribution is -2.45. The van der Waals surface area contributed by atoms with Crippen molar-refractivity contribution in [1.82, 2.24) is 14.7 Å². The third-order valence-electron chi connectivity index (χ3n) is 2.35. The second-order valence-electron chi connectivity index (χ2n) is 3.57. The SMILES string of the molecule is c1cnn2cn[n+](OCC3CC3)c2c1. The Bertz CT molecular complexity index is 449. The lowest BCUT2D eigenvalue weighted by Gasteiger charge is -1.94. The molecular formula is C9H11N4O+. The highest BCUT2D eigenvalue weighted by molar-refractivity contribution is 5.26. The highest BCUT2D eigenvalue weighted by Gasteiger charge is 2.24. The van der Waals surface area contributed by atoms with Crippen LogP contribution in [-0.4, -0.2) is 21.3 Å². The molecule has 2 aromatic heterocycles. The van der Waals surface area contributed by atoms with Gasteiger partial charge in [0.2, 0.25) is 0 Å². The molecule has 72 valence electrons. The van der Waals surface area contributed by atoms with Gasteiger partial charge in [0.05, 0.1) is 11.0 Å². The van der Waals surface area contributed by atoms with E-state index in [2.05, 4.69) is 10.2 Å². The van der Waals surface area contributed by atoms with Crippen LogP contribution >= 0.6 is 0 Å². The molecule has 0 radical (unpaired) electrons. The first-order valence-electron chi connectivity index (χ1n) is 4.77. The molecule has 0 unspecified atom stereocenters. The van der Waals surface area contributed by atoms with Crippen LogP contribution in [0.2, 0.25) is 0 Å². The Balaban J connectivity index is 1.87. The largest absolute Gasteiger partial charge is 0.372 e. The monoisotopic (exact) mass is 191 g/mol. The number of aromatic nitrogens is 4. The molecule has 0 aliphatic heterocycles. The fraction of sp³-hybridized carbons (Fsp3) is 0.444. The number of nitrogens with zero attached hydrogens (tertiary/aromatic N) is 4. The van der Waals surface area contributed by atoms with Crippen molar-refractivity contribution in [2.45, 2.75) is 12.8 Å². The molecule has 0 atom stereocenters. The number of hydrogen-bond acceptors (Lipinski definition) is 3. The maximum Gasteiger partial charge on any atom is 0.372 e. The smallest absolute Gasteiger partial charge is 0.314 e. The van der Waals surface area contributed by atoms with Gasteiger partial charge in [-0.3, -0.25) is 0 Å². The van der Waals surface area contributed by atoms with E-state index in [0.29, 0.717) is 0 Å². The van der Waals surface area contributed by atoms with E-state index in [-0.39, 0.29) is 0 Å². The summed E-state index contributed by atoms with van der Waals surface area (Å²) in [4.78, 5) is 7.06. The minimum absolute atomic E-state index is 0.732. The standard InChI is InChI=1S/C9H11N4O/c1-2-9-12(10-5-1)7-11-13(9)14-6-8-3-4-8/h1-2,5,7-8H,3-4,6H2/q+1. The second-order valence-corrected chi connectivity index (χ2v) is 3.57. The van der Waals surface area contributed by atoms with Crippen LogP contribution in [0.4, 0.5) is 0 Å². The molecular weight excluding hydrogens is 180 g/mol. The molecule has 1 fully saturated rings. The van der Waals surface area contributed by atoms with Gasteiger partial charge in [-0.05, 0) is 29.9 Å². The molecule has 0 spiro atoms. The number of fused-ring (bicyclic) bond motifs is 1. The minimum Gasteiger partial charge on any atom is -0.314 e. The van der Waals surface area contributed by atoms with Gasteiger partial charge < -0.3 is 4.84 Å². The molecule has 1 aliphatic rings. The lowest BCUT2D eigenvalue weighted by atomic mass is 10.5. The Labute approximate surface area is 80.9 Å². The molecule has 14 heavy (non-hydrogen) atoms. The van der Waals surface area contributed by atoms with E-state index in [1.54, 1.807) is 17.0 Å². The second kappa shape index (κ2) is 2.94. The van der Waals surface area contributed by atoms with E-state index in [9.17, 15) is 0 Å². The third kappa shape index (κ3) is 1.30. The Kier molecular flexibility index (Phi) is 1.62. The lowest BCUT2D eigenvalue weighted by molar-refractivity contribution is -0.915. The first kappa shape index (κ1) is 7.73. The predicted octanol–water partition coefficient (Wildman–Crippen LogP) is -0.145. The average molecular weight is 191 g/mol. The molecule has 1 saturated carbocycles. The van der Waals surface area contributed by atoms with Crippen LogP contribution in [0.15, 0.2) is 24.7 Å². The summed E-state index contributed by atoms with van der Waals surface area (Å²) in [5, 5.41) is 8.19. The maximum absolute atomic E-state index is 5.53. The first-order valence-corrected chi connectivity index (χ1v) is 4.77. The van der Waals surface area contributed by atoms with Gasteiger partial charge in [-0.2, -0.15) is 0 Å². The highest BCUT2D eigenvalue weighted by atomic mass is 16.7. The summed E-state index contributed by atoms with van der Waals surface area (Å²) in [5.74, 6) is 0.732. The van der Waals surface area contributed by atoms with Crippen molar-refractivity contribution in [1.29, 1.82) is 0 Å². The molecule has 0 bridgehead atoms. The summed E-state index contributed by atoms with van der Waals surface area (Å²) in [6.07, 6.45) is 5.93. The number of rotatable bonds is 3. The third-order valence-corrected chi connectivity index (χ3v) is 2.35. The van der Waals surface area contributed by atoms with Crippen LogP contribution in [0.25, 0.3) is 5.65 Å². The predicted molar refractivity (Wildman–Crippen MR) is 47.4 cm³/mol. The van der Waals surface area contributed by atoms with Gasteiger partial charge in [0.15, 0.2) is 0 Å². The van der Waals surface area contributed by atoms with Crippen molar-refractivity contribution in [2.75, 3.05) is 6.61 Å². The summed E-state index contributed by atoms with van der Waals surface area (Å²) < 4.78 is 1.69. The number of hydrogen-bond donors (Lipinski definition) is 0. The fourth-order valence-corrected chi connectivity index (χ4v) is 1.33. The molecule has 0 N–H and O–H groups in total. The Hall–Kier alpha value is -1.65. The molecule has 0 aromatic carbocycles. The van der Waals surface area contributed by atoms with Crippen LogP contribution in [0.5, 0.6) is 0 Å². The van der Waals surface area contributed by atoms with Gasteiger partial charge in [-0.1, -0.05) is 9.61 Å². The molecule has 3 rings (SSSR count). The average Bonchev–Trinajstić information content (AvgIpc) is 2.96. The molecule has 1 aliphatic carbocycles. The zero-order valence-electron chi connectivity index (χ0n) is 7.71. The normalized spacial score (nSPS) is 16.0. The molecule has 2 aromatic rings. The molecule has 5 heteroatoms. The van der Waals surface area contributed by atoms with Crippen molar-refractivity contribution < 1.29 is 9.68 Å². The van der Waals surface area contributed by atoms with Gasteiger partial charge in [-0.25, -0.2) is 0 Å². The van der Waals surface area contributed by atoms with Gasteiger partial charge >= 0.3 is 5.65 Å². The van der Waals surface area contributed by atoms with E-state index in [4.69, 9.17) is 4.84 Å². The van der Waals surface area contributed by atoms with Crippen molar-refractivity contribution in [2.24, 2.45) is 5.92 Å². The summed E-state index contributed by atoms with van der Waals surface area (Å²) in [5.41, 5.74) is 0.855. The van der Waals surface area contributed by atoms with Crippen LogP contribution in [0, 0.1) is 5.92 Å². The quantitative estimate of drug-likeness (QED) is 0.634. The van der Waals surface area contributed by atoms with Gasteiger partial charge in [0.1, 0.15) is 6.61 Å². The van der Waals surface area contributed by atoms with Crippen LogP contribution < -0.4 is 9.68 Å². The summed E-state index contributed by atoms with van der Waals surface area (Å²) in [7, 11) is 0. The van der Waals surface area contributed by atoms with Crippen molar-refractivity contribution in [3.63, 3.8) is 0 Å². The topological polar surface area (TPSA) is 43.3 Å². The van der Waals surface area contributed by atoms with E-state index in [1.807, 2.05) is 12.1 Å². The molecule has 2 heterocycles. The Morgan fingerprint density at radius 1 is 1.57 bits per heavy atom. The van der Waals surface area contributed by atoms with E-state index >= 15 is 0 Å². The maximum atomic E-state index is 5.53. The zero-order chi connectivity index (χ0) is 9.38. The van der Waals surface area contributed by atoms with E-state index < -0.39 is 0 Å². The van der Waals surface area contributed by atoms with Gasteiger partial charge in [-0.15, -0.1) is 0 Å². The van der Waals surface area contributed by atoms with Gasteiger partial charge in [0.25, 0.3) is 6.33 Å². The molecule has 0 amide bonds. The van der Waals surface area contributed by atoms with E-state index in [0.717, 1.165) is 18.2 Å². The van der Waals surface area contributed by atoms with Gasteiger partial charge in [0, 0.05) is 6.07 Å². The summed E-state index contributed by atoms with van der Waals surface area (Å²) >= 11 is 0. The Morgan fingerprint density at radius 3 is 3.36 bits per heavy atom. The highest BCUT2D eigenvalue weighted by Crippen LogP contribution is 2.27. The van der Waals surface area contributed by atoms with Crippen LogP contribution in [-0.2, 0) is 0 Å².